The van der Waals surface area contributed by atoms with E-state index in [4.69, 9.17) is 20.4 Å². The number of hydrogen-bond acceptors (Lipinski definition) is 8. The summed E-state index contributed by atoms with van der Waals surface area (Å²) in [6.07, 6.45) is 23.9. The van der Waals surface area contributed by atoms with Crippen LogP contribution in [0.1, 0.15) is 199 Å². The predicted octanol–water partition coefficient (Wildman–Crippen LogP) is 16.4. The van der Waals surface area contributed by atoms with E-state index in [1.165, 1.54) is 0 Å². The maximum Gasteiger partial charge on any atom is 0.331 e. The number of aliphatic carboxylic acids is 4. The number of rotatable bonds is 12. The third kappa shape index (κ3) is 20.3. The average Bonchev–Trinajstić information content (AvgIpc) is 3.29. The van der Waals surface area contributed by atoms with Gasteiger partial charge in [-0.3, -0.25) is 0 Å². The van der Waals surface area contributed by atoms with Gasteiger partial charge >= 0.3 is 23.9 Å². The normalized spacial score (nSPS) is 26.1. The fourth-order valence-corrected chi connectivity index (χ4v) is 11.2. The molecule has 0 amide bonds. The maximum absolute atomic E-state index is 11.2. The molecule has 4 rings (SSSR count). The van der Waals surface area contributed by atoms with Gasteiger partial charge < -0.3 is 40.9 Å². The zero-order chi connectivity index (χ0) is 66.6. The third-order valence-electron chi connectivity index (χ3n) is 17.0. The van der Waals surface area contributed by atoms with Crippen LogP contribution >= 0.6 is 0 Å². The molecule has 8 atom stereocenters. The van der Waals surface area contributed by atoms with Crippen molar-refractivity contribution in [3.63, 3.8) is 0 Å². The van der Waals surface area contributed by atoms with Crippen molar-refractivity contribution in [3.05, 3.63) is 144 Å². The molecule has 85 heavy (non-hydrogen) atoms. The molecule has 0 aromatic heterocycles. The summed E-state index contributed by atoms with van der Waals surface area (Å²) >= 11 is 0. The molecule has 8 unspecified atom stereocenters. The van der Waals surface area contributed by atoms with Crippen molar-refractivity contribution in [2.24, 2.45) is 67.0 Å². The van der Waals surface area contributed by atoms with Gasteiger partial charge in [-0.2, -0.15) is 0 Å². The summed E-state index contributed by atoms with van der Waals surface area (Å²) in [6, 6.07) is 0. The molecular formula is C73H116O12. The highest BCUT2D eigenvalue weighted by atomic mass is 16.4. The Morgan fingerprint density at radius 2 is 0.459 bits per heavy atom. The SMILES string of the molecule is C.C=C(CC1=CC(C(C)(C)C)C(O)(C(C)(C)C)C=C1)C(=O)O.C=C(CC1=CC(C(C)(C)C)C(O)(C(C)(C)C)C=C1)C(=O)O.C=C(CC1=CC(C(C)(C)C)C(O)(C(C)(C)C)C=C1)C(=O)O.C=C(CC1=CC(C(C)(C)C)C(O)(C(C)(C)C)C=C1)C(=O)O. The van der Waals surface area contributed by atoms with Gasteiger partial charge in [-0.05, 0) is 65.6 Å². The first-order valence-electron chi connectivity index (χ1n) is 29.3. The number of carboxylic acids is 4. The molecule has 480 valence electrons. The van der Waals surface area contributed by atoms with Crippen molar-refractivity contribution in [2.75, 3.05) is 0 Å². The predicted molar refractivity (Wildman–Crippen MR) is 351 cm³/mol. The summed E-state index contributed by atoms with van der Waals surface area (Å²) in [5, 5.41) is 80.7. The van der Waals surface area contributed by atoms with Gasteiger partial charge in [0.05, 0.1) is 22.4 Å². The Morgan fingerprint density at radius 1 is 0.329 bits per heavy atom. The van der Waals surface area contributed by atoms with E-state index in [0.29, 0.717) is 25.7 Å². The number of aliphatic hydroxyl groups is 4. The average molecular weight is 1190 g/mol. The monoisotopic (exact) mass is 1180 g/mol. The molecule has 12 nitrogen and oxygen atoms in total. The molecule has 0 aromatic rings. The Hall–Kier alpha value is -5.40. The van der Waals surface area contributed by atoms with E-state index in [-0.39, 0.29) is 96.7 Å². The smallest absolute Gasteiger partial charge is 0.331 e. The number of carboxylic acid groups (broad SMARTS) is 4. The molecule has 8 N–H and O–H groups in total. The molecule has 0 radical (unpaired) electrons. The van der Waals surface area contributed by atoms with Crippen molar-refractivity contribution >= 4 is 23.9 Å². The van der Waals surface area contributed by atoms with Crippen LogP contribution < -0.4 is 0 Å². The lowest BCUT2D eigenvalue weighted by molar-refractivity contribution is -0.133. The third-order valence-corrected chi connectivity index (χ3v) is 17.0. The van der Waals surface area contributed by atoms with Gasteiger partial charge in [0, 0.05) is 71.6 Å². The van der Waals surface area contributed by atoms with Gasteiger partial charge in [0.2, 0.25) is 0 Å². The van der Waals surface area contributed by atoms with Gasteiger partial charge in [-0.25, -0.2) is 19.2 Å². The molecule has 0 spiro atoms. The Labute approximate surface area is 514 Å². The lowest BCUT2D eigenvalue weighted by Crippen LogP contribution is -2.52. The fraction of sp³-hybridized carbons (Fsp3) is 0.616. The molecule has 0 heterocycles. The fourth-order valence-electron chi connectivity index (χ4n) is 11.2. The van der Waals surface area contributed by atoms with E-state index in [0.717, 1.165) is 22.3 Å². The van der Waals surface area contributed by atoms with Crippen LogP contribution in [0.25, 0.3) is 0 Å². The first-order valence-corrected chi connectivity index (χ1v) is 29.3. The quantitative estimate of drug-likeness (QED) is 0.0854. The van der Waals surface area contributed by atoms with E-state index in [9.17, 15) is 39.6 Å². The van der Waals surface area contributed by atoms with Crippen molar-refractivity contribution in [3.8, 4) is 0 Å². The maximum atomic E-state index is 11.2. The Morgan fingerprint density at radius 3 is 0.553 bits per heavy atom. The van der Waals surface area contributed by atoms with Crippen molar-refractivity contribution in [2.45, 2.75) is 222 Å². The topological polar surface area (TPSA) is 230 Å². The van der Waals surface area contributed by atoms with Gasteiger partial charge in [0.1, 0.15) is 0 Å². The minimum absolute atomic E-state index is 0. The molecule has 0 saturated heterocycles. The summed E-state index contributed by atoms with van der Waals surface area (Å²) in [7, 11) is 0. The minimum atomic E-state index is -0.978. The van der Waals surface area contributed by atoms with Crippen molar-refractivity contribution < 1.29 is 60.0 Å². The summed E-state index contributed by atoms with van der Waals surface area (Å²) in [5.74, 6) is -4.28. The summed E-state index contributed by atoms with van der Waals surface area (Å²) in [5.41, 5.74) is -1.37. The molecule has 0 bridgehead atoms. The van der Waals surface area contributed by atoms with Crippen LogP contribution in [0.3, 0.4) is 0 Å². The minimum Gasteiger partial charge on any atom is -0.478 e. The summed E-state index contributed by atoms with van der Waals surface area (Å²) in [6.45, 7) is 63.7. The molecular weight excluding hydrogens is 1070 g/mol. The van der Waals surface area contributed by atoms with E-state index in [1.54, 1.807) is 0 Å². The number of hydrogen-bond donors (Lipinski definition) is 8. The van der Waals surface area contributed by atoms with Gasteiger partial charge in [0.15, 0.2) is 0 Å². The molecule has 12 heteroatoms. The van der Waals surface area contributed by atoms with Crippen molar-refractivity contribution in [1.82, 2.24) is 0 Å². The van der Waals surface area contributed by atoms with Gasteiger partial charge in [-0.1, -0.05) is 273 Å². The standard InChI is InChI=1S/4C18H28O3.CH4/c4*1-12(15(19)20)10-13-8-9-18(21,17(5,6)7)14(11-13)16(2,3)4;/h4*8-9,11,14,21H,1,10H2,2-7H3,(H,19,20);1H4. The lowest BCUT2D eigenvalue weighted by atomic mass is 9.59. The van der Waals surface area contributed by atoms with E-state index < -0.39 is 46.3 Å². The second-order valence-electron chi connectivity index (χ2n) is 32.3. The zero-order valence-corrected chi connectivity index (χ0v) is 56.1. The summed E-state index contributed by atoms with van der Waals surface area (Å²) < 4.78 is 0. The molecule has 4 aliphatic carbocycles. The highest BCUT2D eigenvalue weighted by Crippen LogP contribution is 2.53. The summed E-state index contributed by atoms with van der Waals surface area (Å²) in [4.78, 5) is 43.8. The van der Waals surface area contributed by atoms with Crippen LogP contribution in [0, 0.1) is 67.0 Å². The second kappa shape index (κ2) is 27.7. The molecule has 0 saturated carbocycles. The lowest BCUT2D eigenvalue weighted by Gasteiger charge is -2.50. The van der Waals surface area contributed by atoms with Gasteiger partial charge in [0.25, 0.3) is 0 Å². The van der Waals surface area contributed by atoms with Crippen LogP contribution in [0.4, 0.5) is 0 Å². The van der Waals surface area contributed by atoms with Crippen LogP contribution in [-0.4, -0.2) is 87.1 Å². The molecule has 0 fully saturated rings. The second-order valence-corrected chi connectivity index (χ2v) is 32.3. The van der Waals surface area contributed by atoms with Crippen LogP contribution in [-0.2, 0) is 19.2 Å². The first-order chi connectivity index (χ1) is 37.2. The number of allylic oxidation sites excluding steroid dienone is 8. The highest BCUT2D eigenvalue weighted by molar-refractivity contribution is 5.88. The van der Waals surface area contributed by atoms with Crippen LogP contribution in [0.5, 0.6) is 0 Å². The number of carbonyl (C=O) groups is 4. The van der Waals surface area contributed by atoms with Crippen molar-refractivity contribution in [1.29, 1.82) is 0 Å². The Bertz CT molecular complexity index is 2370. The van der Waals surface area contributed by atoms with E-state index in [1.807, 2.05) is 156 Å². The van der Waals surface area contributed by atoms with Gasteiger partial charge in [-0.15, -0.1) is 0 Å². The molecule has 0 aliphatic heterocycles. The molecule has 4 aliphatic rings. The Balaban J connectivity index is 0.00000110. The highest BCUT2D eigenvalue weighted by Gasteiger charge is 2.53. The van der Waals surface area contributed by atoms with E-state index in [2.05, 4.69) is 109 Å². The first kappa shape index (κ1) is 79.6. The zero-order valence-electron chi connectivity index (χ0n) is 56.1. The van der Waals surface area contributed by atoms with Crippen LogP contribution in [0.2, 0.25) is 0 Å². The molecule has 0 aromatic carbocycles. The van der Waals surface area contributed by atoms with Crippen LogP contribution in [0.15, 0.2) is 144 Å². The largest absolute Gasteiger partial charge is 0.478 e. The van der Waals surface area contributed by atoms with E-state index >= 15 is 0 Å². The Kier molecular flexibility index (Phi) is 26.0.